The van der Waals surface area contributed by atoms with Gasteiger partial charge in [0.15, 0.2) is 6.10 Å². The van der Waals surface area contributed by atoms with Gasteiger partial charge in [-0.3, -0.25) is 0 Å². The van der Waals surface area contributed by atoms with Gasteiger partial charge in [0.2, 0.25) is 0 Å². The molecule has 0 aliphatic heterocycles. The maximum atomic E-state index is 12.2. The van der Waals surface area contributed by atoms with Crippen molar-refractivity contribution in [3.8, 4) is 0 Å². The molecule has 2 nitrogen and oxygen atoms in total. The third kappa shape index (κ3) is 4.30. The monoisotopic (exact) mass is 353 g/mol. The van der Waals surface area contributed by atoms with Crippen LogP contribution < -0.4 is 5.73 Å². The number of rotatable bonds is 2. The molecule has 1 aromatic rings. The molecule has 0 spiro atoms. The second-order valence-corrected chi connectivity index (χ2v) is 4.50. The van der Waals surface area contributed by atoms with Gasteiger partial charge in [-0.2, -0.15) is 13.2 Å². The summed E-state index contributed by atoms with van der Waals surface area (Å²) >= 11 is 8.79. The summed E-state index contributed by atoms with van der Waals surface area (Å²) in [4.78, 5) is 0. The van der Waals surface area contributed by atoms with E-state index in [2.05, 4.69) is 15.9 Å². The van der Waals surface area contributed by atoms with E-state index in [9.17, 15) is 13.2 Å². The lowest BCUT2D eigenvalue weighted by molar-refractivity contribution is -0.210. The van der Waals surface area contributed by atoms with Crippen LogP contribution in [0.1, 0.15) is 11.6 Å². The standard InChI is InChI=1S/C9H8BrClF3NO.ClH/c10-4-1-2-6(11)5(3-4)7(15)8(16)9(12,13)14;/h1-3,7-8,16H,15H2;1H/t7-,8-;/m1./s1. The molecule has 0 bridgehead atoms. The van der Waals surface area contributed by atoms with E-state index in [1.165, 1.54) is 12.1 Å². The van der Waals surface area contributed by atoms with Crippen molar-refractivity contribution >= 4 is 39.9 Å². The minimum absolute atomic E-state index is 0. The van der Waals surface area contributed by atoms with E-state index in [4.69, 9.17) is 22.4 Å². The molecule has 2 atom stereocenters. The highest BCUT2D eigenvalue weighted by Crippen LogP contribution is 2.33. The topological polar surface area (TPSA) is 46.2 Å². The summed E-state index contributed by atoms with van der Waals surface area (Å²) < 4.78 is 37.2. The number of hydrogen-bond donors (Lipinski definition) is 2. The first-order valence-corrected chi connectivity index (χ1v) is 5.36. The molecule has 98 valence electrons. The Hall–Kier alpha value is -0.0100. The number of aliphatic hydroxyl groups excluding tert-OH is 1. The number of halogens is 6. The second kappa shape index (κ2) is 6.24. The lowest BCUT2D eigenvalue weighted by Gasteiger charge is -2.22. The molecule has 0 amide bonds. The first-order valence-electron chi connectivity index (χ1n) is 4.19. The van der Waals surface area contributed by atoms with Crippen LogP contribution in [0.25, 0.3) is 0 Å². The third-order valence-corrected chi connectivity index (χ3v) is 2.83. The van der Waals surface area contributed by atoms with E-state index in [-0.39, 0.29) is 23.0 Å². The first kappa shape index (κ1) is 17.0. The SMILES string of the molecule is Cl.N[C@H](c1cc(Br)ccc1Cl)[C@@H](O)C(F)(F)F. The quantitative estimate of drug-likeness (QED) is 0.854. The van der Waals surface area contributed by atoms with E-state index in [1.807, 2.05) is 0 Å². The zero-order chi connectivity index (χ0) is 12.5. The zero-order valence-corrected chi connectivity index (χ0v) is 11.4. The maximum Gasteiger partial charge on any atom is 0.416 e. The normalized spacial score (nSPS) is 15.0. The molecule has 3 N–H and O–H groups in total. The molecule has 0 saturated heterocycles. The highest BCUT2D eigenvalue weighted by atomic mass is 79.9. The van der Waals surface area contributed by atoms with Crippen LogP contribution in [0.15, 0.2) is 22.7 Å². The van der Waals surface area contributed by atoms with Gasteiger partial charge in [0, 0.05) is 9.50 Å². The van der Waals surface area contributed by atoms with Crippen LogP contribution in [0.3, 0.4) is 0 Å². The lowest BCUT2D eigenvalue weighted by atomic mass is 10.0. The number of hydrogen-bond acceptors (Lipinski definition) is 2. The Bertz CT molecular complexity index is 389. The Morgan fingerprint density at radius 1 is 1.35 bits per heavy atom. The van der Waals surface area contributed by atoms with Crippen molar-refractivity contribution in [3.63, 3.8) is 0 Å². The molecular formula is C9H9BrCl2F3NO. The predicted octanol–water partition coefficient (Wildman–Crippen LogP) is 3.45. The van der Waals surface area contributed by atoms with Gasteiger partial charge in [0.05, 0.1) is 6.04 Å². The summed E-state index contributed by atoms with van der Waals surface area (Å²) in [6.07, 6.45) is -7.41. The zero-order valence-electron chi connectivity index (χ0n) is 8.21. The van der Waals surface area contributed by atoms with Crippen molar-refractivity contribution in [2.75, 3.05) is 0 Å². The molecule has 8 heteroatoms. The molecule has 0 aliphatic rings. The van der Waals surface area contributed by atoms with Crippen LogP contribution in [0.2, 0.25) is 5.02 Å². The van der Waals surface area contributed by atoms with Crippen LogP contribution in [-0.2, 0) is 0 Å². The molecule has 17 heavy (non-hydrogen) atoms. The van der Waals surface area contributed by atoms with Crippen LogP contribution in [0, 0.1) is 0 Å². The van der Waals surface area contributed by atoms with Gasteiger partial charge in [0.1, 0.15) is 0 Å². The molecule has 0 radical (unpaired) electrons. The van der Waals surface area contributed by atoms with Crippen LogP contribution >= 0.6 is 39.9 Å². The van der Waals surface area contributed by atoms with Crippen molar-refractivity contribution < 1.29 is 18.3 Å². The molecule has 1 aromatic carbocycles. The van der Waals surface area contributed by atoms with Crippen LogP contribution in [0.5, 0.6) is 0 Å². The summed E-state index contributed by atoms with van der Waals surface area (Å²) in [6, 6.07) is 2.72. The Balaban J connectivity index is 0.00000256. The van der Waals surface area contributed by atoms with Gasteiger partial charge in [-0.1, -0.05) is 27.5 Å². The molecule has 1 rings (SSSR count). The summed E-state index contributed by atoms with van der Waals surface area (Å²) in [6.45, 7) is 0. The molecule has 0 unspecified atom stereocenters. The molecule has 0 saturated carbocycles. The number of aliphatic hydroxyl groups is 1. The fraction of sp³-hybridized carbons (Fsp3) is 0.333. The molecule has 0 heterocycles. The number of alkyl halides is 3. The third-order valence-electron chi connectivity index (χ3n) is 1.99. The summed E-state index contributed by atoms with van der Waals surface area (Å²) in [5, 5.41) is 9.08. The van der Waals surface area contributed by atoms with Crippen molar-refractivity contribution in [2.45, 2.75) is 18.3 Å². The Morgan fingerprint density at radius 3 is 2.35 bits per heavy atom. The summed E-state index contributed by atoms with van der Waals surface area (Å²) in [7, 11) is 0. The van der Waals surface area contributed by atoms with Gasteiger partial charge >= 0.3 is 6.18 Å². The van der Waals surface area contributed by atoms with Crippen molar-refractivity contribution in [3.05, 3.63) is 33.3 Å². The maximum absolute atomic E-state index is 12.2. The highest BCUT2D eigenvalue weighted by molar-refractivity contribution is 9.10. The number of benzene rings is 1. The Kier molecular flexibility index (Phi) is 6.24. The van der Waals surface area contributed by atoms with E-state index >= 15 is 0 Å². The fourth-order valence-electron chi connectivity index (χ4n) is 1.14. The summed E-state index contributed by atoms with van der Waals surface area (Å²) in [5.74, 6) is 0. The minimum Gasteiger partial charge on any atom is -0.382 e. The van der Waals surface area contributed by atoms with Crippen molar-refractivity contribution in [2.24, 2.45) is 5.73 Å². The van der Waals surface area contributed by atoms with Crippen LogP contribution in [0.4, 0.5) is 13.2 Å². The van der Waals surface area contributed by atoms with Gasteiger partial charge < -0.3 is 10.8 Å². The Morgan fingerprint density at radius 2 is 1.88 bits per heavy atom. The lowest BCUT2D eigenvalue weighted by Crippen LogP contribution is -2.39. The molecule has 0 aromatic heterocycles. The van der Waals surface area contributed by atoms with Gasteiger partial charge in [0.25, 0.3) is 0 Å². The largest absolute Gasteiger partial charge is 0.416 e. The molecule has 0 fully saturated rings. The van der Waals surface area contributed by atoms with Gasteiger partial charge in [-0.25, -0.2) is 0 Å². The van der Waals surface area contributed by atoms with E-state index < -0.39 is 18.3 Å². The average Bonchev–Trinajstić information content (AvgIpc) is 2.18. The van der Waals surface area contributed by atoms with Gasteiger partial charge in [-0.05, 0) is 23.8 Å². The molecule has 0 aliphatic carbocycles. The Labute approximate surface area is 115 Å². The predicted molar refractivity (Wildman–Crippen MR) is 65.4 cm³/mol. The van der Waals surface area contributed by atoms with Gasteiger partial charge in [-0.15, -0.1) is 12.4 Å². The molecular weight excluding hydrogens is 346 g/mol. The second-order valence-electron chi connectivity index (χ2n) is 3.18. The smallest absolute Gasteiger partial charge is 0.382 e. The van der Waals surface area contributed by atoms with Crippen LogP contribution in [-0.4, -0.2) is 17.4 Å². The summed E-state index contributed by atoms with van der Waals surface area (Å²) in [5.41, 5.74) is 5.36. The van der Waals surface area contributed by atoms with Crippen molar-refractivity contribution in [1.29, 1.82) is 0 Å². The highest BCUT2D eigenvalue weighted by Gasteiger charge is 2.43. The minimum atomic E-state index is -4.77. The van der Waals surface area contributed by atoms with E-state index in [1.54, 1.807) is 6.07 Å². The fourth-order valence-corrected chi connectivity index (χ4v) is 1.77. The van der Waals surface area contributed by atoms with E-state index in [0.717, 1.165) is 0 Å². The number of nitrogens with two attached hydrogens (primary N) is 1. The van der Waals surface area contributed by atoms with Crippen molar-refractivity contribution in [1.82, 2.24) is 0 Å². The van der Waals surface area contributed by atoms with E-state index in [0.29, 0.717) is 4.47 Å². The average molecular weight is 355 g/mol. The first-order chi connectivity index (χ1) is 7.23.